The van der Waals surface area contributed by atoms with E-state index in [1.165, 1.54) is 49.4 Å². The third-order valence-corrected chi connectivity index (χ3v) is 4.71. The van der Waals surface area contributed by atoms with Crippen molar-refractivity contribution in [1.82, 2.24) is 0 Å². The Bertz CT molecular complexity index is 866. The van der Waals surface area contributed by atoms with Crippen molar-refractivity contribution in [3.8, 4) is 6.07 Å². The molecule has 0 bridgehead atoms. The normalized spacial score (nSPS) is 10.7. The van der Waals surface area contributed by atoms with Crippen molar-refractivity contribution in [2.75, 3.05) is 11.1 Å². The molecule has 0 unspecified atom stereocenters. The lowest BCUT2D eigenvalue weighted by atomic mass is 10.2. The van der Waals surface area contributed by atoms with E-state index >= 15 is 0 Å². The molecule has 2 aromatic rings. The van der Waals surface area contributed by atoms with Crippen LogP contribution in [0.2, 0.25) is 0 Å². The minimum Gasteiger partial charge on any atom is -0.397 e. The van der Waals surface area contributed by atoms with Crippen LogP contribution in [-0.2, 0) is 14.6 Å². The molecule has 7 heteroatoms. The predicted molar refractivity (Wildman–Crippen MR) is 81.8 cm³/mol. The van der Waals surface area contributed by atoms with Crippen LogP contribution in [0.1, 0.15) is 12.5 Å². The number of amides is 1. The number of anilines is 2. The molecule has 0 saturated heterocycles. The van der Waals surface area contributed by atoms with Crippen LogP contribution in [0.5, 0.6) is 0 Å². The first-order valence-corrected chi connectivity index (χ1v) is 7.75. The summed E-state index contributed by atoms with van der Waals surface area (Å²) in [5.41, 5.74) is 6.59. The van der Waals surface area contributed by atoms with Crippen molar-refractivity contribution in [3.05, 3.63) is 48.0 Å². The second-order valence-corrected chi connectivity index (χ2v) is 6.52. The number of nitriles is 1. The van der Waals surface area contributed by atoms with Gasteiger partial charge in [-0.25, -0.2) is 8.42 Å². The first-order valence-electron chi connectivity index (χ1n) is 6.27. The molecule has 0 radical (unpaired) electrons. The maximum atomic E-state index is 12.5. The largest absolute Gasteiger partial charge is 0.397 e. The maximum absolute atomic E-state index is 12.5. The molecule has 0 atom stereocenters. The lowest BCUT2D eigenvalue weighted by Crippen LogP contribution is -2.10. The highest BCUT2D eigenvalue weighted by Crippen LogP contribution is 2.27. The number of benzene rings is 2. The molecule has 0 heterocycles. The van der Waals surface area contributed by atoms with Gasteiger partial charge in [-0.3, -0.25) is 4.79 Å². The number of nitrogen functional groups attached to an aromatic ring is 1. The van der Waals surface area contributed by atoms with Crippen LogP contribution in [0.4, 0.5) is 11.4 Å². The van der Waals surface area contributed by atoms with Gasteiger partial charge in [0, 0.05) is 6.92 Å². The number of hydrogen-bond donors (Lipinski definition) is 2. The third-order valence-electron chi connectivity index (χ3n) is 2.94. The van der Waals surface area contributed by atoms with Crippen LogP contribution < -0.4 is 11.1 Å². The molecule has 0 fully saturated rings. The molecule has 0 aliphatic carbocycles. The Hall–Kier alpha value is -2.85. The van der Waals surface area contributed by atoms with Gasteiger partial charge >= 0.3 is 0 Å². The van der Waals surface area contributed by atoms with Crippen LogP contribution in [-0.4, -0.2) is 14.3 Å². The highest BCUT2D eigenvalue weighted by atomic mass is 32.2. The molecular formula is C15H13N3O3S. The molecule has 0 aliphatic rings. The number of sulfone groups is 1. The number of nitrogens with two attached hydrogens (primary N) is 1. The van der Waals surface area contributed by atoms with E-state index < -0.39 is 9.84 Å². The lowest BCUT2D eigenvalue weighted by molar-refractivity contribution is -0.114. The molecular weight excluding hydrogens is 302 g/mol. The van der Waals surface area contributed by atoms with E-state index in [-0.39, 0.29) is 27.1 Å². The summed E-state index contributed by atoms with van der Waals surface area (Å²) in [7, 11) is -3.76. The number of nitrogens with zero attached hydrogens (tertiary/aromatic N) is 1. The van der Waals surface area contributed by atoms with E-state index in [4.69, 9.17) is 11.0 Å². The lowest BCUT2D eigenvalue weighted by Gasteiger charge is -2.10. The average molecular weight is 315 g/mol. The van der Waals surface area contributed by atoms with Gasteiger partial charge in [-0.15, -0.1) is 0 Å². The fraction of sp³-hybridized carbons (Fsp3) is 0.0667. The number of hydrogen-bond acceptors (Lipinski definition) is 5. The highest BCUT2D eigenvalue weighted by molar-refractivity contribution is 7.91. The molecule has 0 aliphatic heterocycles. The molecule has 0 spiro atoms. The van der Waals surface area contributed by atoms with Gasteiger partial charge in [0.1, 0.15) is 0 Å². The van der Waals surface area contributed by atoms with E-state index in [9.17, 15) is 13.2 Å². The molecule has 2 aromatic carbocycles. The Labute approximate surface area is 128 Å². The summed E-state index contributed by atoms with van der Waals surface area (Å²) in [5.74, 6) is -0.348. The number of carbonyl (C=O) groups excluding carboxylic acids is 1. The minimum atomic E-state index is -3.76. The molecule has 3 N–H and O–H groups in total. The van der Waals surface area contributed by atoms with Crippen molar-refractivity contribution in [2.24, 2.45) is 0 Å². The topological polar surface area (TPSA) is 113 Å². The maximum Gasteiger partial charge on any atom is 0.221 e. The van der Waals surface area contributed by atoms with Crippen LogP contribution in [0.3, 0.4) is 0 Å². The second-order valence-electron chi connectivity index (χ2n) is 4.57. The highest BCUT2D eigenvalue weighted by Gasteiger charge is 2.19. The molecule has 0 saturated carbocycles. The Kier molecular flexibility index (Phi) is 4.15. The summed E-state index contributed by atoms with van der Waals surface area (Å²) >= 11 is 0. The van der Waals surface area contributed by atoms with Gasteiger partial charge in [-0.2, -0.15) is 5.26 Å². The monoisotopic (exact) mass is 315 g/mol. The van der Waals surface area contributed by atoms with Crippen molar-refractivity contribution < 1.29 is 13.2 Å². The molecule has 2 rings (SSSR count). The SMILES string of the molecule is CC(=O)Nc1cc(S(=O)(=O)c2ccc(C#N)cc2)ccc1N. The summed E-state index contributed by atoms with van der Waals surface area (Å²) < 4.78 is 25.1. The van der Waals surface area contributed by atoms with Gasteiger partial charge in [0.2, 0.25) is 15.7 Å². The zero-order valence-electron chi connectivity index (χ0n) is 11.7. The third kappa shape index (κ3) is 3.07. The summed E-state index contributed by atoms with van der Waals surface area (Å²) in [4.78, 5) is 11.2. The number of carbonyl (C=O) groups is 1. The van der Waals surface area contributed by atoms with Gasteiger partial charge in [0.05, 0.1) is 32.8 Å². The van der Waals surface area contributed by atoms with Gasteiger partial charge in [-0.1, -0.05) is 0 Å². The van der Waals surface area contributed by atoms with Crippen LogP contribution in [0, 0.1) is 11.3 Å². The van der Waals surface area contributed by atoms with Crippen LogP contribution in [0.15, 0.2) is 52.3 Å². The van der Waals surface area contributed by atoms with Gasteiger partial charge in [0.15, 0.2) is 0 Å². The van der Waals surface area contributed by atoms with E-state index in [0.29, 0.717) is 5.56 Å². The zero-order valence-corrected chi connectivity index (χ0v) is 12.5. The molecule has 112 valence electrons. The van der Waals surface area contributed by atoms with Crippen molar-refractivity contribution >= 4 is 27.1 Å². The molecule has 22 heavy (non-hydrogen) atoms. The molecule has 6 nitrogen and oxygen atoms in total. The summed E-state index contributed by atoms with van der Waals surface area (Å²) in [5, 5.41) is 11.2. The smallest absolute Gasteiger partial charge is 0.221 e. The van der Waals surface area contributed by atoms with Crippen molar-refractivity contribution in [1.29, 1.82) is 5.26 Å². The predicted octanol–water partition coefficient (Wildman–Crippen LogP) is 1.93. The van der Waals surface area contributed by atoms with Gasteiger partial charge in [-0.05, 0) is 42.5 Å². The van der Waals surface area contributed by atoms with Crippen molar-refractivity contribution in [2.45, 2.75) is 16.7 Å². The summed E-state index contributed by atoms with van der Waals surface area (Å²) in [6, 6.07) is 11.6. The molecule has 1 amide bonds. The summed E-state index contributed by atoms with van der Waals surface area (Å²) in [6.45, 7) is 1.31. The Morgan fingerprint density at radius 3 is 2.27 bits per heavy atom. The van der Waals surface area contributed by atoms with E-state index in [1.54, 1.807) is 0 Å². The summed E-state index contributed by atoms with van der Waals surface area (Å²) in [6.07, 6.45) is 0. The van der Waals surface area contributed by atoms with E-state index in [0.717, 1.165) is 0 Å². The quantitative estimate of drug-likeness (QED) is 0.840. The first kappa shape index (κ1) is 15.5. The minimum absolute atomic E-state index is 0.00941. The Morgan fingerprint density at radius 1 is 1.14 bits per heavy atom. The fourth-order valence-corrected chi connectivity index (χ4v) is 3.13. The fourth-order valence-electron chi connectivity index (χ4n) is 1.85. The zero-order chi connectivity index (χ0) is 16.3. The van der Waals surface area contributed by atoms with E-state index in [2.05, 4.69) is 5.32 Å². The Morgan fingerprint density at radius 2 is 1.73 bits per heavy atom. The standard InChI is InChI=1S/C15H13N3O3S/c1-10(19)18-15-8-13(6-7-14(15)17)22(20,21)12-4-2-11(9-16)3-5-12/h2-8H,17H2,1H3,(H,18,19). The Balaban J connectivity index is 2.49. The first-order chi connectivity index (χ1) is 10.3. The second kappa shape index (κ2) is 5.87. The van der Waals surface area contributed by atoms with Crippen molar-refractivity contribution in [3.63, 3.8) is 0 Å². The number of nitrogens with one attached hydrogen (secondary N) is 1. The van der Waals surface area contributed by atoms with Crippen LogP contribution in [0.25, 0.3) is 0 Å². The van der Waals surface area contributed by atoms with Crippen LogP contribution >= 0.6 is 0 Å². The van der Waals surface area contributed by atoms with Gasteiger partial charge in [0.25, 0.3) is 0 Å². The van der Waals surface area contributed by atoms with Gasteiger partial charge < -0.3 is 11.1 Å². The average Bonchev–Trinajstić information content (AvgIpc) is 2.49. The molecule has 0 aromatic heterocycles. The number of rotatable bonds is 3. The van der Waals surface area contributed by atoms with E-state index in [1.807, 2.05) is 6.07 Å².